The molecule has 1 N–H and O–H groups in total. The molecule has 1 aliphatic carbocycles. The van der Waals surface area contributed by atoms with Crippen LogP contribution in [0.3, 0.4) is 0 Å². The predicted molar refractivity (Wildman–Crippen MR) is 76.4 cm³/mol. The van der Waals surface area contributed by atoms with Crippen LogP contribution in [0.4, 0.5) is 0 Å². The fourth-order valence-corrected chi connectivity index (χ4v) is 3.18. The van der Waals surface area contributed by atoms with Crippen molar-refractivity contribution in [3.8, 4) is 0 Å². The summed E-state index contributed by atoms with van der Waals surface area (Å²) in [5.41, 5.74) is 0.284. The zero-order valence-corrected chi connectivity index (χ0v) is 12.6. The molecule has 0 spiro atoms. The van der Waals surface area contributed by atoms with E-state index in [1.165, 1.54) is 45.1 Å². The summed E-state index contributed by atoms with van der Waals surface area (Å²) >= 11 is 0. The molecule has 2 unspecified atom stereocenters. The molecule has 0 aromatic heterocycles. The van der Waals surface area contributed by atoms with Crippen LogP contribution in [0, 0.1) is 5.92 Å². The predicted octanol–water partition coefficient (Wildman–Crippen LogP) is 3.28. The van der Waals surface area contributed by atoms with Gasteiger partial charge in [-0.15, -0.1) is 0 Å². The Kier molecular flexibility index (Phi) is 5.94. The minimum Gasteiger partial charge on any atom is -0.315 e. The standard InChI is InChI=1S/C15H32N2/c1-6-15(3,13(2)16-4)17(5)12-14-10-8-7-9-11-14/h13-14,16H,6-12H2,1-5H3. The van der Waals surface area contributed by atoms with Crippen molar-refractivity contribution >= 4 is 0 Å². The van der Waals surface area contributed by atoms with Crippen molar-refractivity contribution in [1.29, 1.82) is 0 Å². The van der Waals surface area contributed by atoms with Crippen LogP contribution in [-0.4, -0.2) is 37.1 Å². The van der Waals surface area contributed by atoms with Gasteiger partial charge >= 0.3 is 0 Å². The van der Waals surface area contributed by atoms with Crippen LogP contribution < -0.4 is 5.32 Å². The lowest BCUT2D eigenvalue weighted by atomic mass is 9.84. The summed E-state index contributed by atoms with van der Waals surface area (Å²) in [5.74, 6) is 0.934. The first-order chi connectivity index (χ1) is 8.04. The van der Waals surface area contributed by atoms with E-state index in [9.17, 15) is 0 Å². The highest BCUT2D eigenvalue weighted by molar-refractivity contribution is 4.92. The summed E-state index contributed by atoms with van der Waals surface area (Å²) in [6, 6.07) is 0.543. The molecule has 1 rings (SSSR count). The molecule has 0 aromatic carbocycles. The topological polar surface area (TPSA) is 15.3 Å². The van der Waals surface area contributed by atoms with Gasteiger partial charge < -0.3 is 5.32 Å². The summed E-state index contributed by atoms with van der Waals surface area (Å²) < 4.78 is 0. The molecule has 1 saturated carbocycles. The van der Waals surface area contributed by atoms with Crippen molar-refractivity contribution in [3.63, 3.8) is 0 Å². The van der Waals surface area contributed by atoms with Crippen LogP contribution in [0.2, 0.25) is 0 Å². The van der Waals surface area contributed by atoms with Gasteiger partial charge in [0, 0.05) is 18.1 Å². The number of rotatable bonds is 6. The fraction of sp³-hybridized carbons (Fsp3) is 1.00. The first-order valence-corrected chi connectivity index (χ1v) is 7.43. The van der Waals surface area contributed by atoms with E-state index in [1.54, 1.807) is 0 Å². The maximum absolute atomic E-state index is 3.43. The van der Waals surface area contributed by atoms with E-state index in [0.29, 0.717) is 6.04 Å². The third kappa shape index (κ3) is 3.69. The fourth-order valence-electron chi connectivity index (χ4n) is 3.18. The van der Waals surface area contributed by atoms with Crippen LogP contribution in [0.15, 0.2) is 0 Å². The van der Waals surface area contributed by atoms with Crippen molar-refractivity contribution in [1.82, 2.24) is 10.2 Å². The van der Waals surface area contributed by atoms with E-state index in [1.807, 2.05) is 0 Å². The van der Waals surface area contributed by atoms with E-state index < -0.39 is 0 Å². The first-order valence-electron chi connectivity index (χ1n) is 7.43. The zero-order chi connectivity index (χ0) is 12.9. The van der Waals surface area contributed by atoms with E-state index in [4.69, 9.17) is 0 Å². The second-order valence-corrected chi connectivity index (χ2v) is 6.11. The smallest absolute Gasteiger partial charge is 0.0326 e. The Labute approximate surface area is 108 Å². The molecule has 0 bridgehead atoms. The minimum atomic E-state index is 0.284. The highest BCUT2D eigenvalue weighted by Gasteiger charge is 2.33. The van der Waals surface area contributed by atoms with Gasteiger partial charge in [0.2, 0.25) is 0 Å². The maximum atomic E-state index is 3.43. The Morgan fingerprint density at radius 3 is 2.35 bits per heavy atom. The number of nitrogens with one attached hydrogen (secondary N) is 1. The Morgan fingerprint density at radius 1 is 1.29 bits per heavy atom. The second kappa shape index (κ2) is 6.75. The van der Waals surface area contributed by atoms with Gasteiger partial charge in [0.05, 0.1) is 0 Å². The van der Waals surface area contributed by atoms with E-state index in [-0.39, 0.29) is 5.54 Å². The molecule has 2 nitrogen and oxygen atoms in total. The summed E-state index contributed by atoms with van der Waals surface area (Å²) in [7, 11) is 4.39. The number of nitrogens with zero attached hydrogens (tertiary/aromatic N) is 1. The van der Waals surface area contributed by atoms with Crippen LogP contribution in [-0.2, 0) is 0 Å². The average Bonchev–Trinajstić information content (AvgIpc) is 2.37. The van der Waals surface area contributed by atoms with Crippen LogP contribution in [0.1, 0.15) is 59.3 Å². The number of likely N-dealkylation sites (N-methyl/N-ethyl adjacent to an activating group) is 2. The molecule has 0 radical (unpaired) electrons. The molecule has 1 aliphatic rings. The van der Waals surface area contributed by atoms with Gasteiger partial charge in [-0.25, -0.2) is 0 Å². The van der Waals surface area contributed by atoms with E-state index >= 15 is 0 Å². The first kappa shape index (κ1) is 15.0. The molecule has 0 aliphatic heterocycles. The third-order valence-electron chi connectivity index (χ3n) is 5.21. The average molecular weight is 240 g/mol. The molecular formula is C15H32N2. The number of hydrogen-bond acceptors (Lipinski definition) is 2. The zero-order valence-electron chi connectivity index (χ0n) is 12.6. The van der Waals surface area contributed by atoms with Crippen molar-refractivity contribution in [2.45, 2.75) is 70.9 Å². The molecule has 0 aromatic rings. The van der Waals surface area contributed by atoms with Crippen molar-refractivity contribution in [3.05, 3.63) is 0 Å². The largest absolute Gasteiger partial charge is 0.315 e. The van der Waals surface area contributed by atoms with Gasteiger partial charge in [-0.1, -0.05) is 26.2 Å². The molecule has 0 heterocycles. The quantitative estimate of drug-likeness (QED) is 0.766. The Morgan fingerprint density at radius 2 is 1.88 bits per heavy atom. The highest BCUT2D eigenvalue weighted by atomic mass is 15.2. The van der Waals surface area contributed by atoms with Gasteiger partial charge in [-0.2, -0.15) is 0 Å². The van der Waals surface area contributed by atoms with Crippen molar-refractivity contribution < 1.29 is 0 Å². The van der Waals surface area contributed by atoms with Gasteiger partial charge in [0.15, 0.2) is 0 Å². The van der Waals surface area contributed by atoms with Gasteiger partial charge in [-0.3, -0.25) is 4.90 Å². The lowest BCUT2D eigenvalue weighted by Crippen LogP contribution is -2.57. The number of hydrogen-bond donors (Lipinski definition) is 1. The highest BCUT2D eigenvalue weighted by Crippen LogP contribution is 2.28. The molecule has 2 heteroatoms. The second-order valence-electron chi connectivity index (χ2n) is 6.11. The molecular weight excluding hydrogens is 208 g/mol. The normalized spacial score (nSPS) is 23.6. The lowest BCUT2D eigenvalue weighted by molar-refractivity contribution is 0.0722. The van der Waals surface area contributed by atoms with E-state index in [0.717, 1.165) is 5.92 Å². The molecule has 102 valence electrons. The Hall–Kier alpha value is -0.0800. The van der Waals surface area contributed by atoms with Crippen molar-refractivity contribution in [2.24, 2.45) is 5.92 Å². The molecule has 17 heavy (non-hydrogen) atoms. The molecule has 1 fully saturated rings. The lowest BCUT2D eigenvalue weighted by Gasteiger charge is -2.45. The van der Waals surface area contributed by atoms with Crippen molar-refractivity contribution in [2.75, 3.05) is 20.6 Å². The van der Waals surface area contributed by atoms with Crippen LogP contribution in [0.25, 0.3) is 0 Å². The Balaban J connectivity index is 2.55. The molecule has 0 saturated heterocycles. The van der Waals surface area contributed by atoms with Gasteiger partial charge in [-0.05, 0) is 53.1 Å². The van der Waals surface area contributed by atoms with Crippen LogP contribution in [0.5, 0.6) is 0 Å². The summed E-state index contributed by atoms with van der Waals surface area (Å²) in [6.07, 6.45) is 8.44. The Bertz CT molecular complexity index is 211. The monoisotopic (exact) mass is 240 g/mol. The summed E-state index contributed by atoms with van der Waals surface area (Å²) in [5, 5.41) is 3.43. The molecule has 2 atom stereocenters. The van der Waals surface area contributed by atoms with Crippen LogP contribution >= 0.6 is 0 Å². The minimum absolute atomic E-state index is 0.284. The van der Waals surface area contributed by atoms with E-state index in [2.05, 4.69) is 45.1 Å². The summed E-state index contributed by atoms with van der Waals surface area (Å²) in [6.45, 7) is 8.29. The summed E-state index contributed by atoms with van der Waals surface area (Å²) in [4.78, 5) is 2.60. The molecule has 0 amide bonds. The van der Waals surface area contributed by atoms with Gasteiger partial charge in [0.25, 0.3) is 0 Å². The maximum Gasteiger partial charge on any atom is 0.0326 e. The third-order valence-corrected chi connectivity index (χ3v) is 5.21. The van der Waals surface area contributed by atoms with Gasteiger partial charge in [0.1, 0.15) is 0 Å². The SMILES string of the molecule is CCC(C)(C(C)NC)N(C)CC1CCCCC1.